The molecular formula is C17H20N4O4S. The normalized spacial score (nSPS) is 18.3. The van der Waals surface area contributed by atoms with Gasteiger partial charge in [-0.05, 0) is 36.8 Å². The molecule has 0 spiro atoms. The van der Waals surface area contributed by atoms with E-state index in [0.717, 1.165) is 0 Å². The number of carbonyl (C=O) groups is 1. The van der Waals surface area contributed by atoms with Crippen molar-refractivity contribution in [3.05, 3.63) is 42.0 Å². The summed E-state index contributed by atoms with van der Waals surface area (Å²) < 4.78 is 28.3. The van der Waals surface area contributed by atoms with Crippen LogP contribution < -0.4 is 15.0 Å². The number of rotatable bonds is 5. The highest BCUT2D eigenvalue weighted by molar-refractivity contribution is 7.91. The molecule has 0 radical (unpaired) electrons. The molecule has 1 N–H and O–H groups in total. The lowest BCUT2D eigenvalue weighted by Crippen LogP contribution is -2.33. The number of nitrogens with one attached hydrogen (secondary N) is 1. The van der Waals surface area contributed by atoms with Crippen molar-refractivity contribution in [3.63, 3.8) is 0 Å². The molecule has 1 aliphatic heterocycles. The Bertz CT molecular complexity index is 899. The van der Waals surface area contributed by atoms with Crippen LogP contribution in [0.15, 0.2) is 36.4 Å². The van der Waals surface area contributed by atoms with Crippen LogP contribution in [0.4, 0.5) is 11.6 Å². The number of hydrogen-bond donors (Lipinski definition) is 1. The molecule has 0 bridgehead atoms. The Labute approximate surface area is 152 Å². The lowest BCUT2D eigenvalue weighted by Gasteiger charge is -2.23. The van der Waals surface area contributed by atoms with Gasteiger partial charge in [-0.25, -0.2) is 8.42 Å². The minimum Gasteiger partial charge on any atom is -0.497 e. The maximum Gasteiger partial charge on any atom is 0.256 e. The molecule has 138 valence electrons. The average Bonchev–Trinajstić information content (AvgIpc) is 3.01. The van der Waals surface area contributed by atoms with Gasteiger partial charge in [-0.1, -0.05) is 6.07 Å². The first-order valence-electron chi connectivity index (χ1n) is 8.10. The summed E-state index contributed by atoms with van der Waals surface area (Å²) in [5.41, 5.74) is 0.448. The van der Waals surface area contributed by atoms with E-state index in [2.05, 4.69) is 15.5 Å². The Balaban J connectivity index is 1.66. The van der Waals surface area contributed by atoms with Crippen molar-refractivity contribution in [1.82, 2.24) is 10.2 Å². The molecule has 9 heteroatoms. The molecule has 3 rings (SSSR count). The predicted octanol–water partition coefficient (Wildman–Crippen LogP) is 1.36. The largest absolute Gasteiger partial charge is 0.497 e. The summed E-state index contributed by atoms with van der Waals surface area (Å²) in [5.74, 6) is 1.47. The van der Waals surface area contributed by atoms with Gasteiger partial charge in [0.1, 0.15) is 5.75 Å². The molecule has 1 atom stereocenters. The van der Waals surface area contributed by atoms with Gasteiger partial charge in [-0.3, -0.25) is 4.79 Å². The third kappa shape index (κ3) is 4.10. The first-order valence-corrected chi connectivity index (χ1v) is 9.92. The molecule has 1 unspecified atom stereocenters. The van der Waals surface area contributed by atoms with Crippen molar-refractivity contribution in [2.75, 3.05) is 35.9 Å². The van der Waals surface area contributed by atoms with Crippen LogP contribution in [0.25, 0.3) is 0 Å². The summed E-state index contributed by atoms with van der Waals surface area (Å²) in [5, 5.41) is 10.8. The van der Waals surface area contributed by atoms with Crippen molar-refractivity contribution >= 4 is 27.4 Å². The molecule has 2 aromatic rings. The number of carbonyl (C=O) groups excluding carboxylic acids is 1. The number of sulfone groups is 1. The van der Waals surface area contributed by atoms with Crippen molar-refractivity contribution in [2.45, 2.75) is 12.5 Å². The minimum absolute atomic E-state index is 0.105. The maximum atomic E-state index is 12.3. The Morgan fingerprint density at radius 2 is 2.08 bits per heavy atom. The molecule has 0 saturated carbocycles. The van der Waals surface area contributed by atoms with Gasteiger partial charge in [0.2, 0.25) is 0 Å². The Hall–Kier alpha value is -2.68. The van der Waals surface area contributed by atoms with Gasteiger partial charge in [-0.15, -0.1) is 10.2 Å². The minimum atomic E-state index is -2.97. The quantitative estimate of drug-likeness (QED) is 0.841. The standard InChI is InChI=1S/C17H20N4O4S/c1-21(13-8-9-26(23,24)11-13)16-7-6-15(19-20-16)18-17(22)12-4-3-5-14(10-12)25-2/h3-7,10,13H,8-9,11H2,1-2H3,(H,18,19,22). The smallest absolute Gasteiger partial charge is 0.256 e. The van der Waals surface area contributed by atoms with E-state index >= 15 is 0 Å². The summed E-state index contributed by atoms with van der Waals surface area (Å²) in [4.78, 5) is 14.1. The summed E-state index contributed by atoms with van der Waals surface area (Å²) in [6, 6.07) is 10.0. The third-order valence-corrected chi connectivity index (χ3v) is 6.09. The molecule has 1 aliphatic rings. The SMILES string of the molecule is COc1cccc(C(=O)Nc2ccc(N(C)C3CCS(=O)(=O)C3)nn2)c1. The Morgan fingerprint density at radius 3 is 2.69 bits per heavy atom. The molecule has 1 aromatic carbocycles. The number of aromatic nitrogens is 2. The van der Waals surface area contributed by atoms with Gasteiger partial charge in [0.25, 0.3) is 5.91 Å². The molecule has 1 aromatic heterocycles. The van der Waals surface area contributed by atoms with E-state index in [1.165, 1.54) is 7.11 Å². The van der Waals surface area contributed by atoms with Gasteiger partial charge in [-0.2, -0.15) is 0 Å². The van der Waals surface area contributed by atoms with Crippen LogP contribution in [0.1, 0.15) is 16.8 Å². The zero-order valence-corrected chi connectivity index (χ0v) is 15.4. The highest BCUT2D eigenvalue weighted by Gasteiger charge is 2.31. The summed E-state index contributed by atoms with van der Waals surface area (Å²) in [7, 11) is 0.365. The fourth-order valence-electron chi connectivity index (χ4n) is 2.80. The van der Waals surface area contributed by atoms with Crippen LogP contribution in [-0.2, 0) is 9.84 Å². The average molecular weight is 376 g/mol. The number of amides is 1. The second-order valence-electron chi connectivity index (χ2n) is 6.13. The van der Waals surface area contributed by atoms with Gasteiger partial charge in [0.05, 0.1) is 18.6 Å². The van der Waals surface area contributed by atoms with E-state index in [1.807, 2.05) is 4.90 Å². The molecule has 1 fully saturated rings. The molecule has 1 amide bonds. The lowest BCUT2D eigenvalue weighted by atomic mass is 10.2. The molecule has 26 heavy (non-hydrogen) atoms. The first-order chi connectivity index (χ1) is 12.4. The number of anilines is 2. The van der Waals surface area contributed by atoms with Gasteiger partial charge >= 0.3 is 0 Å². The van der Waals surface area contributed by atoms with Crippen LogP contribution in [0.2, 0.25) is 0 Å². The number of ether oxygens (including phenoxy) is 1. The second-order valence-corrected chi connectivity index (χ2v) is 8.36. The summed E-state index contributed by atoms with van der Waals surface area (Å²) in [6.45, 7) is 0. The number of nitrogens with zero attached hydrogens (tertiary/aromatic N) is 3. The lowest BCUT2D eigenvalue weighted by molar-refractivity contribution is 0.102. The Morgan fingerprint density at radius 1 is 1.27 bits per heavy atom. The second kappa shape index (κ2) is 7.28. The number of methoxy groups -OCH3 is 1. The summed E-state index contributed by atoms with van der Waals surface area (Å²) in [6.07, 6.45) is 0.578. The van der Waals surface area contributed by atoms with Crippen LogP contribution >= 0.6 is 0 Å². The molecular weight excluding hydrogens is 356 g/mol. The van der Waals surface area contributed by atoms with E-state index in [-0.39, 0.29) is 23.5 Å². The van der Waals surface area contributed by atoms with E-state index in [0.29, 0.717) is 29.4 Å². The third-order valence-electron chi connectivity index (χ3n) is 4.34. The fourth-order valence-corrected chi connectivity index (χ4v) is 4.58. The van der Waals surface area contributed by atoms with Crippen molar-refractivity contribution < 1.29 is 17.9 Å². The topological polar surface area (TPSA) is 101 Å². The highest BCUT2D eigenvalue weighted by Crippen LogP contribution is 2.21. The maximum absolute atomic E-state index is 12.3. The number of hydrogen-bond acceptors (Lipinski definition) is 7. The van der Waals surface area contributed by atoms with E-state index in [1.54, 1.807) is 43.4 Å². The molecule has 0 aliphatic carbocycles. The van der Waals surface area contributed by atoms with Gasteiger partial charge in [0, 0.05) is 18.7 Å². The van der Waals surface area contributed by atoms with Crippen molar-refractivity contribution in [3.8, 4) is 5.75 Å². The van der Waals surface area contributed by atoms with E-state index < -0.39 is 9.84 Å². The van der Waals surface area contributed by atoms with Crippen molar-refractivity contribution in [1.29, 1.82) is 0 Å². The van der Waals surface area contributed by atoms with Crippen LogP contribution in [0.5, 0.6) is 5.75 Å². The first kappa shape index (κ1) is 18.1. The van der Waals surface area contributed by atoms with Crippen LogP contribution in [0.3, 0.4) is 0 Å². The highest BCUT2D eigenvalue weighted by atomic mass is 32.2. The van der Waals surface area contributed by atoms with Gasteiger partial charge < -0.3 is 15.0 Å². The van der Waals surface area contributed by atoms with E-state index in [4.69, 9.17) is 4.74 Å². The van der Waals surface area contributed by atoms with Crippen LogP contribution in [0, 0.1) is 0 Å². The summed E-state index contributed by atoms with van der Waals surface area (Å²) >= 11 is 0. The van der Waals surface area contributed by atoms with Gasteiger partial charge in [0.15, 0.2) is 21.5 Å². The molecule has 1 saturated heterocycles. The monoisotopic (exact) mass is 376 g/mol. The fraction of sp³-hybridized carbons (Fsp3) is 0.353. The zero-order valence-electron chi connectivity index (χ0n) is 14.5. The zero-order chi connectivity index (χ0) is 18.7. The molecule has 2 heterocycles. The number of benzene rings is 1. The Kier molecular flexibility index (Phi) is 5.08. The van der Waals surface area contributed by atoms with Crippen LogP contribution in [-0.4, -0.2) is 56.2 Å². The molecule has 8 nitrogen and oxygen atoms in total. The predicted molar refractivity (Wildman–Crippen MR) is 98.4 cm³/mol. The van der Waals surface area contributed by atoms with Crippen molar-refractivity contribution in [2.24, 2.45) is 0 Å². The van der Waals surface area contributed by atoms with E-state index in [9.17, 15) is 13.2 Å².